The van der Waals surface area contributed by atoms with Crippen LogP contribution in [0.1, 0.15) is 37.7 Å². The Balaban J connectivity index is 2.02. The van der Waals surface area contributed by atoms with Gasteiger partial charge in [0.25, 0.3) is 0 Å². The molecule has 0 amide bonds. The Bertz CT molecular complexity index is 302. The molecule has 0 aromatic carbocycles. The molecular formula is C13H22N2O. The molecule has 1 heterocycles. The third kappa shape index (κ3) is 2.30. The SMILES string of the molecule is CN(Cc1ccoc1)C1(CN)CCCCC1. The van der Waals surface area contributed by atoms with Crippen molar-refractivity contribution < 1.29 is 4.42 Å². The Hall–Kier alpha value is -0.800. The second kappa shape index (κ2) is 5.02. The van der Waals surface area contributed by atoms with Gasteiger partial charge in [0, 0.05) is 24.2 Å². The van der Waals surface area contributed by atoms with Crippen LogP contribution in [0.4, 0.5) is 0 Å². The fourth-order valence-electron chi connectivity index (χ4n) is 2.78. The van der Waals surface area contributed by atoms with Gasteiger partial charge in [-0.15, -0.1) is 0 Å². The molecule has 0 saturated heterocycles. The minimum Gasteiger partial charge on any atom is -0.472 e. The van der Waals surface area contributed by atoms with Crippen molar-refractivity contribution in [3.8, 4) is 0 Å². The molecule has 0 radical (unpaired) electrons. The second-order valence-corrected chi connectivity index (χ2v) is 4.98. The van der Waals surface area contributed by atoms with E-state index in [2.05, 4.69) is 11.9 Å². The van der Waals surface area contributed by atoms with Crippen molar-refractivity contribution in [2.75, 3.05) is 13.6 Å². The summed E-state index contributed by atoms with van der Waals surface area (Å²) in [7, 11) is 2.19. The van der Waals surface area contributed by atoms with E-state index < -0.39 is 0 Å². The third-order valence-electron chi connectivity index (χ3n) is 3.97. The molecule has 1 aromatic rings. The lowest BCUT2D eigenvalue weighted by atomic mass is 9.80. The standard InChI is InChI=1S/C13H22N2O/c1-15(9-12-5-8-16-10-12)13(11-14)6-3-2-4-7-13/h5,8,10H,2-4,6-7,9,11,14H2,1H3. The first-order valence-electron chi connectivity index (χ1n) is 6.19. The van der Waals surface area contributed by atoms with Gasteiger partial charge in [0.15, 0.2) is 0 Å². The van der Waals surface area contributed by atoms with Gasteiger partial charge in [0.2, 0.25) is 0 Å². The zero-order valence-corrected chi connectivity index (χ0v) is 10.1. The highest BCUT2D eigenvalue weighted by atomic mass is 16.3. The van der Waals surface area contributed by atoms with Crippen molar-refractivity contribution in [2.45, 2.75) is 44.2 Å². The molecule has 90 valence electrons. The number of rotatable bonds is 4. The van der Waals surface area contributed by atoms with Crippen LogP contribution in [-0.4, -0.2) is 24.0 Å². The normalized spacial score (nSPS) is 20.2. The Labute approximate surface area is 97.6 Å². The summed E-state index contributed by atoms with van der Waals surface area (Å²) in [6.07, 6.45) is 10.0. The summed E-state index contributed by atoms with van der Waals surface area (Å²) in [6.45, 7) is 1.70. The lowest BCUT2D eigenvalue weighted by molar-refractivity contribution is 0.0757. The number of furan rings is 1. The van der Waals surface area contributed by atoms with Crippen molar-refractivity contribution in [1.29, 1.82) is 0 Å². The van der Waals surface area contributed by atoms with Crippen LogP contribution in [0.15, 0.2) is 23.0 Å². The van der Waals surface area contributed by atoms with Crippen molar-refractivity contribution in [2.24, 2.45) is 5.73 Å². The van der Waals surface area contributed by atoms with E-state index in [4.69, 9.17) is 10.2 Å². The number of hydrogen-bond donors (Lipinski definition) is 1. The average molecular weight is 222 g/mol. The second-order valence-electron chi connectivity index (χ2n) is 4.98. The first kappa shape index (κ1) is 11.7. The number of hydrogen-bond acceptors (Lipinski definition) is 3. The zero-order valence-electron chi connectivity index (χ0n) is 10.1. The van der Waals surface area contributed by atoms with E-state index in [1.807, 2.05) is 12.3 Å². The molecule has 0 bridgehead atoms. The van der Waals surface area contributed by atoms with E-state index >= 15 is 0 Å². The van der Waals surface area contributed by atoms with E-state index in [9.17, 15) is 0 Å². The van der Waals surface area contributed by atoms with Gasteiger partial charge in [-0.05, 0) is 26.0 Å². The lowest BCUT2D eigenvalue weighted by Crippen LogP contribution is -2.52. The van der Waals surface area contributed by atoms with Gasteiger partial charge < -0.3 is 10.2 Å². The van der Waals surface area contributed by atoms with E-state index in [0.29, 0.717) is 0 Å². The maximum absolute atomic E-state index is 6.00. The van der Waals surface area contributed by atoms with Crippen LogP contribution in [0.5, 0.6) is 0 Å². The van der Waals surface area contributed by atoms with E-state index in [-0.39, 0.29) is 5.54 Å². The first-order chi connectivity index (χ1) is 7.77. The zero-order chi connectivity index (χ0) is 11.4. The van der Waals surface area contributed by atoms with E-state index in [0.717, 1.165) is 13.1 Å². The third-order valence-corrected chi connectivity index (χ3v) is 3.97. The van der Waals surface area contributed by atoms with Gasteiger partial charge in [-0.3, -0.25) is 4.90 Å². The maximum atomic E-state index is 6.00. The van der Waals surface area contributed by atoms with Gasteiger partial charge >= 0.3 is 0 Å². The predicted molar refractivity (Wildman–Crippen MR) is 65.0 cm³/mol. The summed E-state index contributed by atoms with van der Waals surface area (Å²) in [6, 6.07) is 2.03. The molecule has 1 aliphatic carbocycles. The molecule has 16 heavy (non-hydrogen) atoms. The molecule has 3 nitrogen and oxygen atoms in total. The quantitative estimate of drug-likeness (QED) is 0.850. The molecule has 3 heteroatoms. The Morgan fingerprint density at radius 3 is 2.69 bits per heavy atom. The summed E-state index contributed by atoms with van der Waals surface area (Å²) in [5.41, 5.74) is 7.46. The van der Waals surface area contributed by atoms with Crippen LogP contribution in [0.3, 0.4) is 0 Å². The molecular weight excluding hydrogens is 200 g/mol. The van der Waals surface area contributed by atoms with Gasteiger partial charge in [-0.1, -0.05) is 19.3 Å². The molecule has 0 aliphatic heterocycles. The molecule has 2 N–H and O–H groups in total. The molecule has 1 saturated carbocycles. The number of likely N-dealkylation sites (N-methyl/N-ethyl adjacent to an activating group) is 1. The van der Waals surface area contributed by atoms with Crippen molar-refractivity contribution in [3.05, 3.63) is 24.2 Å². The summed E-state index contributed by atoms with van der Waals surface area (Å²) in [5, 5.41) is 0. The monoisotopic (exact) mass is 222 g/mol. The van der Waals surface area contributed by atoms with Gasteiger partial charge in [0.1, 0.15) is 0 Å². The van der Waals surface area contributed by atoms with Crippen LogP contribution >= 0.6 is 0 Å². The molecule has 0 spiro atoms. The highest BCUT2D eigenvalue weighted by Crippen LogP contribution is 2.32. The fourth-order valence-corrected chi connectivity index (χ4v) is 2.78. The summed E-state index contributed by atoms with van der Waals surface area (Å²) in [5.74, 6) is 0. The topological polar surface area (TPSA) is 42.4 Å². The van der Waals surface area contributed by atoms with Crippen LogP contribution < -0.4 is 5.73 Å². The van der Waals surface area contributed by atoms with Crippen LogP contribution in [0.2, 0.25) is 0 Å². The summed E-state index contributed by atoms with van der Waals surface area (Å²) >= 11 is 0. The van der Waals surface area contributed by atoms with Gasteiger partial charge in [-0.2, -0.15) is 0 Å². The molecule has 1 fully saturated rings. The Kier molecular flexibility index (Phi) is 3.66. The minimum absolute atomic E-state index is 0.218. The fraction of sp³-hybridized carbons (Fsp3) is 0.692. The molecule has 0 unspecified atom stereocenters. The van der Waals surface area contributed by atoms with E-state index in [1.165, 1.54) is 37.7 Å². The highest BCUT2D eigenvalue weighted by molar-refractivity contribution is 5.06. The molecule has 1 aliphatic rings. The number of nitrogens with zero attached hydrogens (tertiary/aromatic N) is 1. The first-order valence-corrected chi connectivity index (χ1v) is 6.19. The van der Waals surface area contributed by atoms with Crippen molar-refractivity contribution >= 4 is 0 Å². The predicted octanol–water partition coefficient (Wildman–Crippen LogP) is 2.37. The van der Waals surface area contributed by atoms with Gasteiger partial charge in [-0.25, -0.2) is 0 Å². The molecule has 2 rings (SSSR count). The van der Waals surface area contributed by atoms with E-state index in [1.54, 1.807) is 6.26 Å². The highest BCUT2D eigenvalue weighted by Gasteiger charge is 2.34. The minimum atomic E-state index is 0.218. The van der Waals surface area contributed by atoms with Crippen molar-refractivity contribution in [1.82, 2.24) is 4.90 Å². The summed E-state index contributed by atoms with van der Waals surface area (Å²) < 4.78 is 5.11. The lowest BCUT2D eigenvalue weighted by Gasteiger charge is -2.44. The smallest absolute Gasteiger partial charge is 0.0947 e. The van der Waals surface area contributed by atoms with Crippen LogP contribution in [0, 0.1) is 0 Å². The van der Waals surface area contributed by atoms with Gasteiger partial charge in [0.05, 0.1) is 12.5 Å². The van der Waals surface area contributed by atoms with Crippen molar-refractivity contribution in [3.63, 3.8) is 0 Å². The molecule has 1 aromatic heterocycles. The van der Waals surface area contributed by atoms with Crippen LogP contribution in [-0.2, 0) is 6.54 Å². The summed E-state index contributed by atoms with van der Waals surface area (Å²) in [4.78, 5) is 2.41. The Morgan fingerprint density at radius 1 is 1.38 bits per heavy atom. The largest absolute Gasteiger partial charge is 0.472 e. The van der Waals surface area contributed by atoms with Crippen LogP contribution in [0.25, 0.3) is 0 Å². The Morgan fingerprint density at radius 2 is 2.12 bits per heavy atom. The number of nitrogens with two attached hydrogens (primary N) is 1. The maximum Gasteiger partial charge on any atom is 0.0947 e. The average Bonchev–Trinajstić information content (AvgIpc) is 2.82. The molecule has 0 atom stereocenters.